The minimum atomic E-state index is -0.259. The summed E-state index contributed by atoms with van der Waals surface area (Å²) in [4.78, 5) is 0. The molecule has 1 aromatic rings. The standard InChI is InChI=1S/C14H22FNO/c1-4-6-13(17-5-2)14(16)11-8-7-10(3)12(15)9-11/h7-9,13-14H,4-6,16H2,1-3H3. The third-order valence-corrected chi connectivity index (χ3v) is 2.94. The molecule has 17 heavy (non-hydrogen) atoms. The lowest BCUT2D eigenvalue weighted by molar-refractivity contribution is 0.0374. The van der Waals surface area contributed by atoms with Crippen LogP contribution in [0.15, 0.2) is 18.2 Å². The van der Waals surface area contributed by atoms with E-state index in [1.54, 1.807) is 13.0 Å². The Morgan fingerprint density at radius 3 is 2.59 bits per heavy atom. The molecule has 0 amide bonds. The Balaban J connectivity index is 2.84. The van der Waals surface area contributed by atoms with Crippen molar-refractivity contribution in [3.63, 3.8) is 0 Å². The number of halogens is 1. The minimum Gasteiger partial charge on any atom is -0.377 e. The number of aryl methyl sites for hydroxylation is 1. The summed E-state index contributed by atoms with van der Waals surface area (Å²) in [7, 11) is 0. The van der Waals surface area contributed by atoms with Gasteiger partial charge in [0.25, 0.3) is 0 Å². The van der Waals surface area contributed by atoms with Crippen molar-refractivity contribution in [3.05, 3.63) is 35.1 Å². The first-order chi connectivity index (χ1) is 8.10. The lowest BCUT2D eigenvalue weighted by Crippen LogP contribution is -2.29. The smallest absolute Gasteiger partial charge is 0.126 e. The van der Waals surface area contributed by atoms with Crippen LogP contribution in [0.1, 0.15) is 43.9 Å². The molecule has 96 valence electrons. The second-order valence-corrected chi connectivity index (χ2v) is 4.32. The van der Waals surface area contributed by atoms with E-state index in [0.29, 0.717) is 12.2 Å². The van der Waals surface area contributed by atoms with Crippen molar-refractivity contribution >= 4 is 0 Å². The van der Waals surface area contributed by atoms with E-state index in [4.69, 9.17) is 10.5 Å². The van der Waals surface area contributed by atoms with E-state index in [1.807, 2.05) is 13.0 Å². The van der Waals surface area contributed by atoms with E-state index < -0.39 is 0 Å². The van der Waals surface area contributed by atoms with Crippen molar-refractivity contribution in [1.29, 1.82) is 0 Å². The van der Waals surface area contributed by atoms with Crippen molar-refractivity contribution < 1.29 is 9.13 Å². The molecule has 0 radical (unpaired) electrons. The fourth-order valence-electron chi connectivity index (χ4n) is 1.90. The largest absolute Gasteiger partial charge is 0.377 e. The highest BCUT2D eigenvalue weighted by molar-refractivity contribution is 5.26. The Hall–Kier alpha value is -0.930. The quantitative estimate of drug-likeness (QED) is 0.826. The number of nitrogens with two attached hydrogens (primary N) is 1. The highest BCUT2D eigenvalue weighted by Gasteiger charge is 2.19. The summed E-state index contributed by atoms with van der Waals surface area (Å²) < 4.78 is 19.1. The summed E-state index contributed by atoms with van der Waals surface area (Å²) in [6.45, 7) is 6.42. The highest BCUT2D eigenvalue weighted by Crippen LogP contribution is 2.22. The monoisotopic (exact) mass is 239 g/mol. The fourth-order valence-corrected chi connectivity index (χ4v) is 1.90. The van der Waals surface area contributed by atoms with Crippen LogP contribution in [0, 0.1) is 12.7 Å². The highest BCUT2D eigenvalue weighted by atomic mass is 19.1. The van der Waals surface area contributed by atoms with Crippen molar-refractivity contribution in [1.82, 2.24) is 0 Å². The van der Waals surface area contributed by atoms with Crippen molar-refractivity contribution in [3.8, 4) is 0 Å². The third-order valence-electron chi connectivity index (χ3n) is 2.94. The van der Waals surface area contributed by atoms with Gasteiger partial charge in [-0.3, -0.25) is 0 Å². The van der Waals surface area contributed by atoms with E-state index in [-0.39, 0.29) is 18.0 Å². The lowest BCUT2D eigenvalue weighted by Gasteiger charge is -2.24. The maximum absolute atomic E-state index is 13.5. The van der Waals surface area contributed by atoms with Crippen LogP contribution in [0.4, 0.5) is 4.39 Å². The zero-order chi connectivity index (χ0) is 12.8. The molecular formula is C14H22FNO. The second kappa shape index (κ2) is 6.72. The van der Waals surface area contributed by atoms with Gasteiger partial charge in [-0.25, -0.2) is 4.39 Å². The van der Waals surface area contributed by atoms with Crippen LogP contribution in [0.3, 0.4) is 0 Å². The van der Waals surface area contributed by atoms with Gasteiger partial charge in [0.1, 0.15) is 5.82 Å². The minimum absolute atomic E-state index is 0.0351. The molecule has 0 aliphatic carbocycles. The lowest BCUT2D eigenvalue weighted by atomic mass is 9.98. The average Bonchev–Trinajstić information content (AvgIpc) is 2.31. The van der Waals surface area contributed by atoms with E-state index in [0.717, 1.165) is 18.4 Å². The molecule has 0 aromatic heterocycles. The van der Waals surface area contributed by atoms with Gasteiger partial charge in [0, 0.05) is 6.61 Å². The van der Waals surface area contributed by atoms with Crippen LogP contribution in [0.2, 0.25) is 0 Å². The number of benzene rings is 1. The Bertz CT molecular complexity index is 348. The molecule has 0 heterocycles. The van der Waals surface area contributed by atoms with Gasteiger partial charge in [0.2, 0.25) is 0 Å². The summed E-state index contributed by atoms with van der Waals surface area (Å²) in [5.74, 6) is -0.204. The Kier molecular flexibility index (Phi) is 5.59. The van der Waals surface area contributed by atoms with E-state index in [9.17, 15) is 4.39 Å². The van der Waals surface area contributed by atoms with Crippen LogP contribution >= 0.6 is 0 Å². The third kappa shape index (κ3) is 3.79. The van der Waals surface area contributed by atoms with E-state index in [1.165, 1.54) is 6.07 Å². The molecule has 0 saturated heterocycles. The Labute approximate surface area is 103 Å². The van der Waals surface area contributed by atoms with E-state index in [2.05, 4.69) is 6.92 Å². The van der Waals surface area contributed by atoms with Gasteiger partial charge in [-0.1, -0.05) is 25.5 Å². The number of rotatable bonds is 6. The summed E-state index contributed by atoms with van der Waals surface area (Å²) in [5.41, 5.74) is 7.59. The predicted octanol–water partition coefficient (Wildman–Crippen LogP) is 3.34. The molecule has 3 heteroatoms. The first-order valence-corrected chi connectivity index (χ1v) is 6.23. The first kappa shape index (κ1) is 14.1. The molecule has 0 bridgehead atoms. The summed E-state index contributed by atoms with van der Waals surface area (Å²) in [6.07, 6.45) is 1.86. The van der Waals surface area contributed by atoms with Gasteiger partial charge < -0.3 is 10.5 Å². The van der Waals surface area contributed by atoms with Gasteiger partial charge >= 0.3 is 0 Å². The first-order valence-electron chi connectivity index (χ1n) is 6.23. The summed E-state index contributed by atoms with van der Waals surface area (Å²) in [5, 5.41) is 0. The van der Waals surface area contributed by atoms with Crippen molar-refractivity contribution in [2.75, 3.05) is 6.61 Å². The molecule has 2 N–H and O–H groups in total. The Morgan fingerprint density at radius 1 is 1.35 bits per heavy atom. The van der Waals surface area contributed by atoms with Gasteiger partial charge in [-0.05, 0) is 37.5 Å². The number of ether oxygens (including phenoxy) is 1. The van der Waals surface area contributed by atoms with Crippen molar-refractivity contribution in [2.45, 2.75) is 45.8 Å². The van der Waals surface area contributed by atoms with Gasteiger partial charge in [0.05, 0.1) is 12.1 Å². The molecule has 2 nitrogen and oxygen atoms in total. The van der Waals surface area contributed by atoms with Crippen LogP contribution in [0.5, 0.6) is 0 Å². The maximum atomic E-state index is 13.5. The molecule has 0 fully saturated rings. The predicted molar refractivity (Wildman–Crippen MR) is 68.4 cm³/mol. The molecule has 0 aliphatic heterocycles. The van der Waals surface area contributed by atoms with Gasteiger partial charge in [0.15, 0.2) is 0 Å². The summed E-state index contributed by atoms with van der Waals surface area (Å²) in [6, 6.07) is 4.90. The molecule has 0 saturated carbocycles. The maximum Gasteiger partial charge on any atom is 0.126 e. The SMILES string of the molecule is CCCC(OCC)C(N)c1ccc(C)c(F)c1. The van der Waals surface area contributed by atoms with Crippen LogP contribution in [0.25, 0.3) is 0 Å². The Morgan fingerprint density at radius 2 is 2.06 bits per heavy atom. The normalized spacial score (nSPS) is 14.6. The van der Waals surface area contributed by atoms with E-state index >= 15 is 0 Å². The number of hydrogen-bond acceptors (Lipinski definition) is 2. The zero-order valence-corrected chi connectivity index (χ0v) is 10.9. The molecule has 1 aromatic carbocycles. The second-order valence-electron chi connectivity index (χ2n) is 4.32. The summed E-state index contributed by atoms with van der Waals surface area (Å²) >= 11 is 0. The van der Waals surface area contributed by atoms with Crippen molar-refractivity contribution in [2.24, 2.45) is 5.73 Å². The zero-order valence-electron chi connectivity index (χ0n) is 10.9. The topological polar surface area (TPSA) is 35.2 Å². The molecule has 0 aliphatic rings. The molecule has 2 unspecified atom stereocenters. The van der Waals surface area contributed by atoms with Crippen LogP contribution < -0.4 is 5.73 Å². The fraction of sp³-hybridized carbons (Fsp3) is 0.571. The molecule has 2 atom stereocenters. The molecule has 0 spiro atoms. The van der Waals surface area contributed by atoms with Crippen LogP contribution in [-0.2, 0) is 4.74 Å². The van der Waals surface area contributed by atoms with Gasteiger partial charge in [-0.2, -0.15) is 0 Å². The van der Waals surface area contributed by atoms with Gasteiger partial charge in [-0.15, -0.1) is 0 Å². The molecular weight excluding hydrogens is 217 g/mol. The number of hydrogen-bond donors (Lipinski definition) is 1. The average molecular weight is 239 g/mol. The molecule has 1 rings (SSSR count). The van der Waals surface area contributed by atoms with Crippen LogP contribution in [-0.4, -0.2) is 12.7 Å².